The van der Waals surface area contributed by atoms with Gasteiger partial charge in [-0.2, -0.15) is 0 Å². The largest absolute Gasteiger partial charge is 0.312 e. The molecule has 0 aromatic carbocycles. The van der Waals surface area contributed by atoms with E-state index in [9.17, 15) is 0 Å². The normalized spacial score (nSPS) is 23.1. The van der Waals surface area contributed by atoms with E-state index < -0.39 is 0 Å². The minimum Gasteiger partial charge on any atom is -0.312 e. The molecule has 3 nitrogen and oxygen atoms in total. The number of nitrogens with one attached hydrogen (secondary N) is 1. The number of likely N-dealkylation sites (tertiary alicyclic amines) is 1. The lowest BCUT2D eigenvalue weighted by Crippen LogP contribution is -2.30. The second-order valence-electron chi connectivity index (χ2n) is 4.81. The van der Waals surface area contributed by atoms with E-state index in [0.29, 0.717) is 6.04 Å². The molecule has 1 aromatic rings. The molecule has 2 unspecified atom stereocenters. The Morgan fingerprint density at radius 1 is 1.65 bits per heavy atom. The van der Waals surface area contributed by atoms with E-state index in [1.54, 1.807) is 0 Å². The van der Waals surface area contributed by atoms with E-state index in [1.807, 2.05) is 18.4 Å². The Labute approximate surface area is 108 Å². The van der Waals surface area contributed by atoms with Gasteiger partial charge < -0.3 is 10.2 Å². The molecular formula is C13H23N3S. The number of nitrogens with zero attached hydrogens (tertiary/aromatic N) is 2. The van der Waals surface area contributed by atoms with Crippen LogP contribution >= 0.6 is 11.3 Å². The number of hydrogen-bond acceptors (Lipinski definition) is 4. The van der Waals surface area contributed by atoms with Gasteiger partial charge in [-0.05, 0) is 39.9 Å². The third-order valence-corrected chi connectivity index (χ3v) is 4.65. The summed E-state index contributed by atoms with van der Waals surface area (Å²) in [5, 5.41) is 6.74. The lowest BCUT2D eigenvalue weighted by Gasteiger charge is -2.21. The molecule has 17 heavy (non-hydrogen) atoms. The Kier molecular flexibility index (Phi) is 4.54. The van der Waals surface area contributed by atoms with Gasteiger partial charge >= 0.3 is 0 Å². The first-order valence-corrected chi connectivity index (χ1v) is 7.48. The van der Waals surface area contributed by atoms with Crippen molar-refractivity contribution in [2.24, 2.45) is 0 Å². The van der Waals surface area contributed by atoms with Gasteiger partial charge in [0.05, 0.1) is 10.7 Å². The average Bonchev–Trinajstić information content (AvgIpc) is 2.97. The van der Waals surface area contributed by atoms with E-state index >= 15 is 0 Å². The molecule has 1 aromatic heterocycles. The van der Waals surface area contributed by atoms with Gasteiger partial charge in [-0.3, -0.25) is 0 Å². The third-order valence-electron chi connectivity index (χ3n) is 3.76. The van der Waals surface area contributed by atoms with Crippen LogP contribution in [-0.2, 0) is 6.42 Å². The maximum Gasteiger partial charge on any atom is 0.0944 e. The quantitative estimate of drug-likeness (QED) is 0.873. The maximum atomic E-state index is 4.74. The Bertz CT molecular complexity index is 350. The lowest BCUT2D eigenvalue weighted by atomic mass is 10.1. The molecule has 2 atom stereocenters. The zero-order chi connectivity index (χ0) is 12.3. The molecule has 4 heteroatoms. The SMILES string of the molecule is CCN1CCCC1Cc1nc(C(C)NC)cs1. The fourth-order valence-corrected chi connectivity index (χ4v) is 3.47. The monoisotopic (exact) mass is 253 g/mol. The summed E-state index contributed by atoms with van der Waals surface area (Å²) < 4.78 is 0. The summed E-state index contributed by atoms with van der Waals surface area (Å²) >= 11 is 1.81. The van der Waals surface area contributed by atoms with Crippen molar-refractivity contribution < 1.29 is 0 Å². The number of hydrogen-bond donors (Lipinski definition) is 1. The highest BCUT2D eigenvalue weighted by atomic mass is 32.1. The van der Waals surface area contributed by atoms with Gasteiger partial charge in [0.2, 0.25) is 0 Å². The third kappa shape index (κ3) is 3.06. The highest BCUT2D eigenvalue weighted by Gasteiger charge is 2.24. The van der Waals surface area contributed by atoms with Crippen LogP contribution < -0.4 is 5.32 Å². The Hall–Kier alpha value is -0.450. The summed E-state index contributed by atoms with van der Waals surface area (Å²) in [4.78, 5) is 7.33. The van der Waals surface area contributed by atoms with Crippen LogP contribution in [0.25, 0.3) is 0 Å². The topological polar surface area (TPSA) is 28.2 Å². The predicted molar refractivity (Wildman–Crippen MR) is 73.6 cm³/mol. The van der Waals surface area contributed by atoms with Gasteiger partial charge in [0.15, 0.2) is 0 Å². The number of likely N-dealkylation sites (N-methyl/N-ethyl adjacent to an activating group) is 1. The molecule has 2 rings (SSSR count). The molecule has 1 saturated heterocycles. The Morgan fingerprint density at radius 3 is 3.18 bits per heavy atom. The van der Waals surface area contributed by atoms with E-state index in [4.69, 9.17) is 4.98 Å². The second-order valence-corrected chi connectivity index (χ2v) is 5.75. The fourth-order valence-electron chi connectivity index (χ4n) is 2.51. The predicted octanol–water partition coefficient (Wildman–Crippen LogP) is 2.45. The molecule has 1 aliphatic rings. The summed E-state index contributed by atoms with van der Waals surface area (Å²) in [6, 6.07) is 1.09. The molecular weight excluding hydrogens is 230 g/mol. The van der Waals surface area contributed by atoms with Crippen LogP contribution in [0.1, 0.15) is 43.4 Å². The first kappa shape index (κ1) is 13.0. The van der Waals surface area contributed by atoms with Gasteiger partial charge in [-0.15, -0.1) is 11.3 Å². The maximum absolute atomic E-state index is 4.74. The van der Waals surface area contributed by atoms with Gasteiger partial charge in [-0.1, -0.05) is 6.92 Å². The minimum atomic E-state index is 0.367. The summed E-state index contributed by atoms with van der Waals surface area (Å²) in [6.45, 7) is 6.86. The van der Waals surface area contributed by atoms with Crippen molar-refractivity contribution in [3.05, 3.63) is 16.1 Å². The fraction of sp³-hybridized carbons (Fsp3) is 0.769. The smallest absolute Gasteiger partial charge is 0.0944 e. The van der Waals surface area contributed by atoms with Gasteiger partial charge in [-0.25, -0.2) is 4.98 Å². The highest BCUT2D eigenvalue weighted by Crippen LogP contribution is 2.23. The molecule has 96 valence electrons. The van der Waals surface area contributed by atoms with E-state index in [0.717, 1.165) is 12.5 Å². The van der Waals surface area contributed by atoms with Crippen LogP contribution in [-0.4, -0.2) is 36.1 Å². The van der Waals surface area contributed by atoms with E-state index in [2.05, 4.69) is 29.4 Å². The molecule has 0 radical (unpaired) electrons. The molecule has 0 saturated carbocycles. The van der Waals surface area contributed by atoms with Crippen LogP contribution in [0.5, 0.6) is 0 Å². The summed E-state index contributed by atoms with van der Waals surface area (Å²) in [7, 11) is 1.99. The molecule has 2 heterocycles. The molecule has 0 spiro atoms. The number of rotatable bonds is 5. The standard InChI is InChI=1S/C13H23N3S/c1-4-16-7-5-6-11(16)8-13-15-12(9-17-13)10(2)14-3/h9-11,14H,4-8H2,1-3H3. The van der Waals surface area contributed by atoms with Crippen LogP contribution in [0.3, 0.4) is 0 Å². The number of aromatic nitrogens is 1. The van der Waals surface area contributed by atoms with Gasteiger partial charge in [0, 0.05) is 23.9 Å². The summed E-state index contributed by atoms with van der Waals surface area (Å²) in [5.41, 5.74) is 1.19. The first-order chi connectivity index (χ1) is 8.24. The zero-order valence-corrected chi connectivity index (χ0v) is 11.9. The Balaban J connectivity index is 1.96. The van der Waals surface area contributed by atoms with Crippen molar-refractivity contribution in [1.82, 2.24) is 15.2 Å². The summed E-state index contributed by atoms with van der Waals surface area (Å²) in [6.07, 6.45) is 3.82. The number of thiazole rings is 1. The van der Waals surface area contributed by atoms with Crippen molar-refractivity contribution in [1.29, 1.82) is 0 Å². The van der Waals surface area contributed by atoms with Crippen molar-refractivity contribution in [3.8, 4) is 0 Å². The van der Waals surface area contributed by atoms with Crippen LogP contribution in [0.4, 0.5) is 0 Å². The van der Waals surface area contributed by atoms with Crippen molar-refractivity contribution in [2.75, 3.05) is 20.1 Å². The Morgan fingerprint density at radius 2 is 2.47 bits per heavy atom. The second kappa shape index (κ2) is 5.94. The van der Waals surface area contributed by atoms with Gasteiger partial charge in [0.25, 0.3) is 0 Å². The molecule has 0 bridgehead atoms. The van der Waals surface area contributed by atoms with Crippen molar-refractivity contribution >= 4 is 11.3 Å². The first-order valence-electron chi connectivity index (χ1n) is 6.60. The van der Waals surface area contributed by atoms with Crippen LogP contribution in [0, 0.1) is 0 Å². The van der Waals surface area contributed by atoms with Crippen molar-refractivity contribution in [3.63, 3.8) is 0 Å². The summed E-state index contributed by atoms with van der Waals surface area (Å²) in [5.74, 6) is 0. The average molecular weight is 253 g/mol. The van der Waals surface area contributed by atoms with Crippen LogP contribution in [0.2, 0.25) is 0 Å². The zero-order valence-electron chi connectivity index (χ0n) is 11.1. The highest BCUT2D eigenvalue weighted by molar-refractivity contribution is 7.09. The lowest BCUT2D eigenvalue weighted by molar-refractivity contribution is 0.266. The molecule has 1 N–H and O–H groups in total. The molecule has 0 amide bonds. The molecule has 1 aliphatic heterocycles. The van der Waals surface area contributed by atoms with E-state index in [1.165, 1.54) is 36.6 Å². The van der Waals surface area contributed by atoms with Crippen molar-refractivity contribution in [2.45, 2.75) is 45.2 Å². The van der Waals surface area contributed by atoms with E-state index in [-0.39, 0.29) is 0 Å². The van der Waals surface area contributed by atoms with Crippen LogP contribution in [0.15, 0.2) is 5.38 Å². The van der Waals surface area contributed by atoms with Gasteiger partial charge in [0.1, 0.15) is 0 Å². The molecule has 0 aliphatic carbocycles. The minimum absolute atomic E-state index is 0.367. The molecule has 1 fully saturated rings.